The fourth-order valence-corrected chi connectivity index (χ4v) is 2.12. The van der Waals surface area contributed by atoms with Crippen molar-refractivity contribution in [2.24, 2.45) is 11.8 Å². The van der Waals surface area contributed by atoms with Crippen molar-refractivity contribution in [3.8, 4) is 0 Å². The minimum Gasteiger partial charge on any atom is -0.460 e. The highest BCUT2D eigenvalue weighted by molar-refractivity contribution is 5.70. The van der Waals surface area contributed by atoms with Gasteiger partial charge in [-0.25, -0.2) is 0 Å². The van der Waals surface area contributed by atoms with Gasteiger partial charge >= 0.3 is 5.97 Å². The molecule has 0 aliphatic heterocycles. The van der Waals surface area contributed by atoms with Crippen molar-refractivity contribution in [1.29, 1.82) is 0 Å². The lowest BCUT2D eigenvalue weighted by molar-refractivity contribution is -0.156. The molecule has 0 aromatic heterocycles. The molecular formula is C12H22O2. The van der Waals surface area contributed by atoms with Crippen LogP contribution in [-0.4, -0.2) is 11.6 Å². The standard InChI is InChI=1S/C12H22O2/c1-9-6-5-7-10(9)8-11(13)14-12(2,3)4/h9-10H,5-8H2,1-4H3. The van der Waals surface area contributed by atoms with Crippen LogP contribution < -0.4 is 0 Å². The van der Waals surface area contributed by atoms with E-state index in [1.807, 2.05) is 20.8 Å². The molecule has 1 aliphatic carbocycles. The van der Waals surface area contributed by atoms with Gasteiger partial charge in [0.1, 0.15) is 5.60 Å². The summed E-state index contributed by atoms with van der Waals surface area (Å²) in [5, 5.41) is 0. The lowest BCUT2D eigenvalue weighted by Crippen LogP contribution is -2.25. The third-order valence-electron chi connectivity index (χ3n) is 2.89. The van der Waals surface area contributed by atoms with E-state index in [9.17, 15) is 4.79 Å². The normalized spacial score (nSPS) is 27.7. The highest BCUT2D eigenvalue weighted by Crippen LogP contribution is 2.34. The van der Waals surface area contributed by atoms with E-state index in [4.69, 9.17) is 4.74 Å². The molecule has 0 N–H and O–H groups in total. The summed E-state index contributed by atoms with van der Waals surface area (Å²) in [7, 11) is 0. The molecule has 0 heterocycles. The summed E-state index contributed by atoms with van der Waals surface area (Å²) >= 11 is 0. The Morgan fingerprint density at radius 1 is 1.36 bits per heavy atom. The second kappa shape index (κ2) is 4.33. The molecule has 2 atom stereocenters. The van der Waals surface area contributed by atoms with E-state index in [-0.39, 0.29) is 11.6 Å². The number of ether oxygens (including phenoxy) is 1. The number of carbonyl (C=O) groups excluding carboxylic acids is 1. The molecule has 1 fully saturated rings. The molecule has 82 valence electrons. The average Bonchev–Trinajstić information content (AvgIpc) is 2.32. The zero-order valence-corrected chi connectivity index (χ0v) is 9.80. The van der Waals surface area contributed by atoms with Crippen LogP contribution in [0.5, 0.6) is 0 Å². The summed E-state index contributed by atoms with van der Waals surface area (Å²) in [6, 6.07) is 0. The highest BCUT2D eigenvalue weighted by atomic mass is 16.6. The van der Waals surface area contributed by atoms with Gasteiger partial charge < -0.3 is 4.74 Å². The molecule has 0 aromatic rings. The average molecular weight is 198 g/mol. The van der Waals surface area contributed by atoms with Crippen LogP contribution in [0.15, 0.2) is 0 Å². The molecule has 14 heavy (non-hydrogen) atoms. The second-order valence-corrected chi connectivity index (χ2v) is 5.46. The third kappa shape index (κ3) is 3.69. The van der Waals surface area contributed by atoms with Gasteiger partial charge in [0, 0.05) is 6.42 Å². The predicted octanol–water partition coefficient (Wildman–Crippen LogP) is 3.15. The first-order valence-corrected chi connectivity index (χ1v) is 5.60. The van der Waals surface area contributed by atoms with Crippen molar-refractivity contribution in [3.63, 3.8) is 0 Å². The van der Waals surface area contributed by atoms with Crippen molar-refractivity contribution in [2.75, 3.05) is 0 Å². The summed E-state index contributed by atoms with van der Waals surface area (Å²) in [6.07, 6.45) is 4.35. The van der Waals surface area contributed by atoms with Crippen LogP contribution in [0.3, 0.4) is 0 Å². The Morgan fingerprint density at radius 2 is 2.00 bits per heavy atom. The van der Waals surface area contributed by atoms with E-state index < -0.39 is 0 Å². The quantitative estimate of drug-likeness (QED) is 0.637. The molecule has 1 aliphatic rings. The van der Waals surface area contributed by atoms with Crippen molar-refractivity contribution in [1.82, 2.24) is 0 Å². The Morgan fingerprint density at radius 3 is 2.43 bits per heavy atom. The molecular weight excluding hydrogens is 176 g/mol. The summed E-state index contributed by atoms with van der Waals surface area (Å²) in [6.45, 7) is 8.00. The van der Waals surface area contributed by atoms with Gasteiger partial charge in [0.15, 0.2) is 0 Å². The number of carbonyl (C=O) groups is 1. The van der Waals surface area contributed by atoms with Crippen LogP contribution in [0.25, 0.3) is 0 Å². The van der Waals surface area contributed by atoms with Gasteiger partial charge in [-0.2, -0.15) is 0 Å². The third-order valence-corrected chi connectivity index (χ3v) is 2.89. The van der Waals surface area contributed by atoms with E-state index in [1.165, 1.54) is 19.3 Å². The van der Waals surface area contributed by atoms with E-state index in [2.05, 4.69) is 6.92 Å². The zero-order valence-electron chi connectivity index (χ0n) is 9.80. The minimum absolute atomic E-state index is 0.0312. The number of rotatable bonds is 2. The summed E-state index contributed by atoms with van der Waals surface area (Å²) in [5.74, 6) is 1.23. The molecule has 2 heteroatoms. The topological polar surface area (TPSA) is 26.3 Å². The van der Waals surface area contributed by atoms with Crippen LogP contribution in [0.1, 0.15) is 53.4 Å². The first-order chi connectivity index (χ1) is 6.38. The van der Waals surface area contributed by atoms with Gasteiger partial charge in [-0.1, -0.05) is 19.8 Å². The maximum atomic E-state index is 11.5. The monoisotopic (exact) mass is 198 g/mol. The maximum absolute atomic E-state index is 11.5. The van der Waals surface area contributed by atoms with E-state index in [1.54, 1.807) is 0 Å². The molecule has 0 radical (unpaired) electrons. The lowest BCUT2D eigenvalue weighted by Gasteiger charge is -2.21. The largest absolute Gasteiger partial charge is 0.460 e. The molecule has 0 saturated heterocycles. The van der Waals surface area contributed by atoms with E-state index in [0.29, 0.717) is 18.3 Å². The van der Waals surface area contributed by atoms with Crippen molar-refractivity contribution < 1.29 is 9.53 Å². The molecule has 2 nitrogen and oxygen atoms in total. The lowest BCUT2D eigenvalue weighted by atomic mass is 9.95. The summed E-state index contributed by atoms with van der Waals surface area (Å²) in [4.78, 5) is 11.5. The smallest absolute Gasteiger partial charge is 0.306 e. The van der Waals surface area contributed by atoms with Crippen LogP contribution in [0.4, 0.5) is 0 Å². The molecule has 0 bridgehead atoms. The fourth-order valence-electron chi connectivity index (χ4n) is 2.12. The fraction of sp³-hybridized carbons (Fsp3) is 0.917. The van der Waals surface area contributed by atoms with E-state index in [0.717, 1.165) is 0 Å². The second-order valence-electron chi connectivity index (χ2n) is 5.46. The first kappa shape index (κ1) is 11.5. The van der Waals surface area contributed by atoms with Crippen LogP contribution >= 0.6 is 0 Å². The zero-order chi connectivity index (χ0) is 10.8. The predicted molar refractivity (Wildman–Crippen MR) is 57.0 cm³/mol. The molecule has 1 rings (SSSR count). The maximum Gasteiger partial charge on any atom is 0.306 e. The SMILES string of the molecule is CC1CCCC1CC(=O)OC(C)(C)C. The van der Waals surface area contributed by atoms with Gasteiger partial charge in [0.2, 0.25) is 0 Å². The van der Waals surface area contributed by atoms with Gasteiger partial charge in [-0.15, -0.1) is 0 Å². The van der Waals surface area contributed by atoms with Crippen molar-refractivity contribution >= 4 is 5.97 Å². The van der Waals surface area contributed by atoms with Crippen LogP contribution in [-0.2, 0) is 9.53 Å². The Balaban J connectivity index is 2.33. The molecule has 0 amide bonds. The minimum atomic E-state index is -0.334. The summed E-state index contributed by atoms with van der Waals surface area (Å²) in [5.41, 5.74) is -0.334. The van der Waals surface area contributed by atoms with Crippen LogP contribution in [0, 0.1) is 11.8 Å². The van der Waals surface area contributed by atoms with Crippen molar-refractivity contribution in [2.45, 2.75) is 59.0 Å². The Labute approximate surface area is 87.0 Å². The summed E-state index contributed by atoms with van der Waals surface area (Å²) < 4.78 is 5.31. The molecule has 1 saturated carbocycles. The van der Waals surface area contributed by atoms with Crippen molar-refractivity contribution in [3.05, 3.63) is 0 Å². The van der Waals surface area contributed by atoms with Gasteiger partial charge in [0.05, 0.1) is 0 Å². The Hall–Kier alpha value is -0.530. The van der Waals surface area contributed by atoms with E-state index >= 15 is 0 Å². The Bertz CT molecular complexity index is 203. The highest BCUT2D eigenvalue weighted by Gasteiger charge is 2.27. The number of hydrogen-bond acceptors (Lipinski definition) is 2. The van der Waals surface area contributed by atoms with Crippen LogP contribution in [0.2, 0.25) is 0 Å². The van der Waals surface area contributed by atoms with Gasteiger partial charge in [0.25, 0.3) is 0 Å². The first-order valence-electron chi connectivity index (χ1n) is 5.60. The molecule has 0 aromatic carbocycles. The van der Waals surface area contributed by atoms with Gasteiger partial charge in [-0.05, 0) is 39.0 Å². The number of esters is 1. The molecule has 0 spiro atoms. The van der Waals surface area contributed by atoms with Gasteiger partial charge in [-0.3, -0.25) is 4.79 Å². The molecule has 2 unspecified atom stereocenters. The Kier molecular flexibility index (Phi) is 3.57. The number of hydrogen-bond donors (Lipinski definition) is 0.